The normalized spacial score (nSPS) is 15.2. The summed E-state index contributed by atoms with van der Waals surface area (Å²) in [4.78, 5) is 38.2. The number of phenolic OH excluding ortho intramolecular Hbond substituents is 1. The highest BCUT2D eigenvalue weighted by Gasteiger charge is 2.29. The van der Waals surface area contributed by atoms with Crippen molar-refractivity contribution in [2.45, 2.75) is 40.0 Å². The number of esters is 2. The maximum atomic E-state index is 12.5. The van der Waals surface area contributed by atoms with Gasteiger partial charge in [-0.2, -0.15) is 0 Å². The lowest BCUT2D eigenvalue weighted by Crippen LogP contribution is -2.22. The van der Waals surface area contributed by atoms with E-state index in [0.29, 0.717) is 22.0 Å². The minimum absolute atomic E-state index is 0.00409. The third-order valence-corrected chi connectivity index (χ3v) is 6.21. The largest absolute Gasteiger partial charge is 0.507 e. The Bertz CT molecular complexity index is 980. The van der Waals surface area contributed by atoms with Crippen LogP contribution in [0.2, 0.25) is 0 Å². The number of nitrogens with one attached hydrogen (secondary N) is 1. The third kappa shape index (κ3) is 4.64. The molecule has 30 heavy (non-hydrogen) atoms. The molecule has 8 heteroatoms. The smallest absolute Gasteiger partial charge is 0.342 e. The molecule has 1 aliphatic rings. The number of carbonyl (C=O) groups is 3. The summed E-state index contributed by atoms with van der Waals surface area (Å²) in [7, 11) is 0. The SMILES string of the molecule is CCOC(=O)c1c(NC(=O)COC(=O)c2cccc(C)c2O)sc2c1CC[C@H](C)C2. The first kappa shape index (κ1) is 21.8. The standard InChI is InChI=1S/C22H25NO6S/c1-4-28-22(27)18-14-9-8-12(2)10-16(14)30-20(18)23-17(24)11-29-21(26)15-7-5-6-13(3)19(15)25/h5-7,12,25H,4,8-11H2,1-3H3,(H,23,24)/t12-/m0/s1. The van der Waals surface area contributed by atoms with Crippen LogP contribution in [0.15, 0.2) is 18.2 Å². The van der Waals surface area contributed by atoms with Crippen LogP contribution in [0, 0.1) is 12.8 Å². The molecule has 0 spiro atoms. The number of carbonyl (C=O) groups excluding carboxylic acids is 3. The summed E-state index contributed by atoms with van der Waals surface area (Å²) in [6.07, 6.45) is 2.59. The molecule has 0 saturated heterocycles. The molecule has 1 aromatic heterocycles. The first-order valence-electron chi connectivity index (χ1n) is 9.89. The van der Waals surface area contributed by atoms with Gasteiger partial charge in [-0.3, -0.25) is 4.79 Å². The van der Waals surface area contributed by atoms with E-state index in [1.54, 1.807) is 26.0 Å². The monoisotopic (exact) mass is 431 g/mol. The number of aromatic hydroxyl groups is 1. The summed E-state index contributed by atoms with van der Waals surface area (Å²) in [6.45, 7) is 5.26. The van der Waals surface area contributed by atoms with E-state index in [4.69, 9.17) is 9.47 Å². The highest BCUT2D eigenvalue weighted by atomic mass is 32.1. The van der Waals surface area contributed by atoms with Crippen LogP contribution >= 0.6 is 11.3 Å². The maximum absolute atomic E-state index is 12.5. The molecule has 0 bridgehead atoms. The summed E-state index contributed by atoms with van der Waals surface area (Å²) in [5, 5.41) is 13.1. The zero-order valence-corrected chi connectivity index (χ0v) is 18.1. The van der Waals surface area contributed by atoms with Crippen molar-refractivity contribution in [3.8, 4) is 5.75 Å². The number of hydrogen-bond donors (Lipinski definition) is 2. The Morgan fingerprint density at radius 3 is 2.73 bits per heavy atom. The van der Waals surface area contributed by atoms with Gasteiger partial charge < -0.3 is 19.9 Å². The van der Waals surface area contributed by atoms with Gasteiger partial charge in [0.1, 0.15) is 16.3 Å². The number of para-hydroxylation sites is 1. The van der Waals surface area contributed by atoms with Gasteiger partial charge in [0.25, 0.3) is 5.91 Å². The fourth-order valence-corrected chi connectivity index (χ4v) is 4.87. The summed E-state index contributed by atoms with van der Waals surface area (Å²) in [6, 6.07) is 4.71. The first-order valence-corrected chi connectivity index (χ1v) is 10.7. The molecule has 0 radical (unpaired) electrons. The number of aryl methyl sites for hydroxylation is 1. The lowest BCUT2D eigenvalue weighted by atomic mass is 9.88. The fourth-order valence-electron chi connectivity index (χ4n) is 3.45. The minimum Gasteiger partial charge on any atom is -0.507 e. The number of anilines is 1. The highest BCUT2D eigenvalue weighted by molar-refractivity contribution is 7.17. The maximum Gasteiger partial charge on any atom is 0.342 e. The summed E-state index contributed by atoms with van der Waals surface area (Å²) in [5.41, 5.74) is 1.87. The lowest BCUT2D eigenvalue weighted by Gasteiger charge is -2.18. The fraction of sp³-hybridized carbons (Fsp3) is 0.409. The Labute approximate surface area is 179 Å². The molecule has 7 nitrogen and oxygen atoms in total. The number of hydrogen-bond acceptors (Lipinski definition) is 7. The van der Waals surface area contributed by atoms with Crippen LogP contribution in [0.4, 0.5) is 5.00 Å². The van der Waals surface area contributed by atoms with Gasteiger partial charge in [0.15, 0.2) is 6.61 Å². The Morgan fingerprint density at radius 2 is 2.00 bits per heavy atom. The van der Waals surface area contributed by atoms with Gasteiger partial charge in [-0.1, -0.05) is 19.1 Å². The average molecular weight is 432 g/mol. The third-order valence-electron chi connectivity index (χ3n) is 5.04. The molecule has 0 saturated carbocycles. The van der Waals surface area contributed by atoms with Gasteiger partial charge in [-0.15, -0.1) is 11.3 Å². The van der Waals surface area contributed by atoms with E-state index in [2.05, 4.69) is 12.2 Å². The Hall–Kier alpha value is -2.87. The number of thiophene rings is 1. The number of phenols is 1. The van der Waals surface area contributed by atoms with Crippen LogP contribution in [-0.4, -0.2) is 36.2 Å². The molecule has 1 amide bonds. The molecule has 1 heterocycles. The molecule has 3 rings (SSSR count). The van der Waals surface area contributed by atoms with E-state index >= 15 is 0 Å². The van der Waals surface area contributed by atoms with Crippen molar-refractivity contribution < 1.29 is 29.0 Å². The molecule has 160 valence electrons. The van der Waals surface area contributed by atoms with E-state index in [-0.39, 0.29) is 17.9 Å². The molecule has 0 aliphatic heterocycles. The Balaban J connectivity index is 1.72. The van der Waals surface area contributed by atoms with E-state index in [0.717, 1.165) is 29.7 Å². The zero-order chi connectivity index (χ0) is 21.8. The van der Waals surface area contributed by atoms with E-state index in [1.807, 2.05) is 0 Å². The summed E-state index contributed by atoms with van der Waals surface area (Å²) < 4.78 is 10.2. The predicted octanol–water partition coefficient (Wildman–Crippen LogP) is 3.86. The van der Waals surface area contributed by atoms with Crippen LogP contribution in [0.1, 0.15) is 57.0 Å². The first-order chi connectivity index (χ1) is 14.3. The van der Waals surface area contributed by atoms with Crippen LogP contribution in [0.3, 0.4) is 0 Å². The molecular formula is C22H25NO6S. The molecule has 0 fully saturated rings. The number of benzene rings is 1. The van der Waals surface area contributed by atoms with Crippen LogP contribution in [-0.2, 0) is 27.1 Å². The van der Waals surface area contributed by atoms with Crippen LogP contribution in [0.5, 0.6) is 5.75 Å². The topological polar surface area (TPSA) is 102 Å². The Kier molecular flexibility index (Phi) is 6.77. The van der Waals surface area contributed by atoms with Crippen LogP contribution < -0.4 is 5.32 Å². The number of amides is 1. The van der Waals surface area contributed by atoms with Gasteiger partial charge in [0.05, 0.1) is 12.2 Å². The van der Waals surface area contributed by atoms with E-state index < -0.39 is 24.5 Å². The van der Waals surface area contributed by atoms with Gasteiger partial charge in [-0.05, 0) is 56.2 Å². The van der Waals surface area contributed by atoms with Crippen molar-refractivity contribution in [2.75, 3.05) is 18.5 Å². The second-order valence-electron chi connectivity index (χ2n) is 7.37. The van der Waals surface area contributed by atoms with Gasteiger partial charge in [0, 0.05) is 4.88 Å². The molecule has 2 aromatic rings. The van der Waals surface area contributed by atoms with Gasteiger partial charge in [-0.25, -0.2) is 9.59 Å². The lowest BCUT2D eigenvalue weighted by molar-refractivity contribution is -0.119. The number of rotatable bonds is 6. The average Bonchev–Trinajstić information content (AvgIpc) is 3.05. The molecule has 1 atom stereocenters. The minimum atomic E-state index is -0.795. The van der Waals surface area contributed by atoms with Gasteiger partial charge >= 0.3 is 11.9 Å². The van der Waals surface area contributed by atoms with Crippen LogP contribution in [0.25, 0.3) is 0 Å². The summed E-state index contributed by atoms with van der Waals surface area (Å²) >= 11 is 1.37. The molecule has 1 aromatic carbocycles. The van der Waals surface area contributed by atoms with Crippen molar-refractivity contribution in [1.82, 2.24) is 0 Å². The molecule has 2 N–H and O–H groups in total. The Morgan fingerprint density at radius 1 is 1.23 bits per heavy atom. The van der Waals surface area contributed by atoms with Crippen molar-refractivity contribution >= 4 is 34.2 Å². The predicted molar refractivity (Wildman–Crippen MR) is 113 cm³/mol. The molecule has 1 aliphatic carbocycles. The highest BCUT2D eigenvalue weighted by Crippen LogP contribution is 2.40. The van der Waals surface area contributed by atoms with E-state index in [1.165, 1.54) is 17.4 Å². The number of ether oxygens (including phenoxy) is 2. The zero-order valence-electron chi connectivity index (χ0n) is 17.2. The van der Waals surface area contributed by atoms with Gasteiger partial charge in [0.2, 0.25) is 0 Å². The summed E-state index contributed by atoms with van der Waals surface area (Å²) in [5.74, 6) is -1.48. The molecule has 0 unspecified atom stereocenters. The second-order valence-corrected chi connectivity index (χ2v) is 8.48. The molecular weight excluding hydrogens is 406 g/mol. The quantitative estimate of drug-likeness (QED) is 0.674. The van der Waals surface area contributed by atoms with E-state index in [9.17, 15) is 19.5 Å². The number of fused-ring (bicyclic) bond motifs is 1. The van der Waals surface area contributed by atoms with Crippen molar-refractivity contribution in [3.63, 3.8) is 0 Å². The van der Waals surface area contributed by atoms with Crippen molar-refractivity contribution in [1.29, 1.82) is 0 Å². The second kappa shape index (κ2) is 9.30. The van der Waals surface area contributed by atoms with Crippen molar-refractivity contribution in [3.05, 3.63) is 45.3 Å². The van der Waals surface area contributed by atoms with Crippen molar-refractivity contribution in [2.24, 2.45) is 5.92 Å².